The molecule has 6 aromatic heterocycles. The third-order valence-electron chi connectivity index (χ3n) is 16.3. The Morgan fingerprint density at radius 3 is 1.07 bits per heavy atom. The second kappa shape index (κ2) is 39.9. The third-order valence-corrected chi connectivity index (χ3v) is 16.3. The molecule has 0 fully saturated rings. The van der Waals surface area contributed by atoms with Crippen LogP contribution in [0, 0.1) is 11.8 Å². The SMILES string of the molecule is CN(C)CCCOc1cnc(-c2cccc(Cn3nc(-c4cccc(C(N)=O)c4)ccc3=O)c2)nc1.C[N+](C)([O-])CCCOc1cnc(-c2cccc(Cn3nc(-c4cccc(C(N)=O)c4)ccc3=O)c2)nc1.OO.[C-]#[N+]c1cccc(-c2ccc(=O)n(Cc3cccc(-c4ncc(OCCCN(C)C)cn4)c3)n2)c1. The van der Waals surface area contributed by atoms with Gasteiger partial charge in [0.15, 0.2) is 40.4 Å². The second-order valence-corrected chi connectivity index (χ2v) is 26.0. The molecule has 564 valence electrons. The Labute approximate surface area is 634 Å². The highest BCUT2D eigenvalue weighted by molar-refractivity contribution is 5.94. The van der Waals surface area contributed by atoms with Crippen molar-refractivity contribution in [1.29, 1.82) is 0 Å². The molecular weight excluding hydrogens is 1400 g/mol. The highest BCUT2D eigenvalue weighted by atomic mass is 17.0. The first kappa shape index (κ1) is 80.9. The molecule has 0 saturated heterocycles. The normalized spacial score (nSPS) is 10.9. The zero-order valence-electron chi connectivity index (χ0n) is 61.6. The average molecular weight is 1490 g/mol. The summed E-state index contributed by atoms with van der Waals surface area (Å²) >= 11 is 0. The molecule has 29 nitrogen and oxygen atoms in total. The number of aromatic nitrogens is 12. The summed E-state index contributed by atoms with van der Waals surface area (Å²) in [4.78, 5) is 94.8. The molecule has 6 heterocycles. The Hall–Kier alpha value is -13.2. The minimum Gasteiger partial charge on any atom is -0.633 e. The van der Waals surface area contributed by atoms with Gasteiger partial charge in [0.2, 0.25) is 11.8 Å². The first-order chi connectivity index (χ1) is 53.1. The molecule has 0 atom stereocenters. The number of amides is 2. The predicted molar refractivity (Wildman–Crippen MR) is 418 cm³/mol. The fourth-order valence-electron chi connectivity index (χ4n) is 10.9. The number of quaternary nitrogens is 1. The van der Waals surface area contributed by atoms with Gasteiger partial charge in [-0.2, -0.15) is 15.3 Å². The van der Waals surface area contributed by atoms with Crippen LogP contribution in [0.15, 0.2) is 234 Å². The molecular formula is C81H84N18O11. The lowest BCUT2D eigenvalue weighted by Gasteiger charge is -2.33. The highest BCUT2D eigenvalue weighted by Gasteiger charge is 2.15. The fourth-order valence-corrected chi connectivity index (χ4v) is 10.9. The Balaban J connectivity index is 0.000000188. The number of ether oxygens (including phenoxy) is 3. The smallest absolute Gasteiger partial charge is 0.267 e. The van der Waals surface area contributed by atoms with Gasteiger partial charge in [-0.1, -0.05) is 97.1 Å². The Bertz CT molecular complexity index is 5280. The number of carbonyl (C=O) groups is 2. The maximum Gasteiger partial charge on any atom is 0.267 e. The molecule has 0 spiro atoms. The number of carbonyl (C=O) groups excluding carboxylic acids is 2. The van der Waals surface area contributed by atoms with Gasteiger partial charge >= 0.3 is 0 Å². The van der Waals surface area contributed by atoms with Crippen molar-refractivity contribution in [2.24, 2.45) is 11.5 Å². The molecule has 12 aromatic rings. The Morgan fingerprint density at radius 2 is 0.755 bits per heavy atom. The lowest BCUT2D eigenvalue weighted by Crippen LogP contribution is -2.33. The fraction of sp³-hybridized carbons (Fsp3) is 0.222. The lowest BCUT2D eigenvalue weighted by atomic mass is 10.1. The van der Waals surface area contributed by atoms with Crippen LogP contribution in [-0.4, -0.2) is 178 Å². The maximum absolute atomic E-state index is 12.5. The zero-order chi connectivity index (χ0) is 78.5. The van der Waals surface area contributed by atoms with Crippen LogP contribution in [-0.2, 0) is 19.6 Å². The van der Waals surface area contributed by atoms with Crippen molar-refractivity contribution in [1.82, 2.24) is 69.0 Å². The van der Waals surface area contributed by atoms with E-state index in [4.69, 9.17) is 42.8 Å². The van der Waals surface area contributed by atoms with E-state index in [2.05, 4.69) is 59.8 Å². The number of benzene rings is 6. The van der Waals surface area contributed by atoms with Crippen LogP contribution in [0.1, 0.15) is 56.7 Å². The molecule has 0 bridgehead atoms. The standard InChI is InChI=1S/C27H28N6O4.C27H28N6O3.C27H26N6O2.H2O2/c1-33(2,36)12-5-13-37-23-16-29-27(30-17-23)22-9-3-6-19(14-22)18-32-25(34)11-10-24(31-32)20-7-4-8-21(15-20)26(28)35;1-32(2)12-5-13-36-23-16-29-27(30-17-23)22-9-3-6-19(14-22)18-33-25(34)11-10-24(31-33)20-7-4-8-21(15-20)26(28)35;1-28-23-10-5-8-21(16-23)25-11-12-26(34)33(31-25)19-20-7-4-9-22(15-20)27-29-17-24(18-30-27)35-14-6-13-32(2)3;1-2/h3-4,6-11,14-17H,5,12-13,18H2,1-2H3,(H2,28,35);3-4,6-11,14-17H,5,12-13,18H2,1-2H3,(H2,28,35);4-5,7-12,15-18H,6,13-14,19H2,2-3H3;1-2H. The van der Waals surface area contributed by atoms with E-state index in [1.165, 1.54) is 32.2 Å². The first-order valence-electron chi connectivity index (χ1n) is 34.8. The number of rotatable bonds is 29. The summed E-state index contributed by atoms with van der Waals surface area (Å²) in [6.45, 7) is 12.0. The van der Waals surface area contributed by atoms with Gasteiger partial charge < -0.3 is 45.3 Å². The average Bonchev–Trinajstić information content (AvgIpc) is 0.827. The highest BCUT2D eigenvalue weighted by Crippen LogP contribution is 2.26. The van der Waals surface area contributed by atoms with Gasteiger partial charge in [0.05, 0.1) is 121 Å². The molecule has 6 N–H and O–H groups in total. The van der Waals surface area contributed by atoms with Crippen molar-refractivity contribution in [2.45, 2.75) is 38.9 Å². The summed E-state index contributed by atoms with van der Waals surface area (Å²) in [6.07, 6.45) is 12.4. The summed E-state index contributed by atoms with van der Waals surface area (Å²) in [5.74, 6) is 2.41. The van der Waals surface area contributed by atoms with E-state index in [0.717, 1.165) is 64.9 Å². The number of hydroxylamine groups is 3. The number of hydrogen-bond acceptors (Lipinski definition) is 22. The maximum atomic E-state index is 12.5. The molecule has 0 radical (unpaired) electrons. The molecule has 0 aliphatic heterocycles. The van der Waals surface area contributed by atoms with Gasteiger partial charge in [0.1, 0.15) is 0 Å². The van der Waals surface area contributed by atoms with E-state index in [1.807, 2.05) is 119 Å². The number of nitrogens with two attached hydrogens (primary N) is 2. The predicted octanol–water partition coefficient (Wildman–Crippen LogP) is 10.0. The van der Waals surface area contributed by atoms with Crippen LogP contribution in [0.5, 0.6) is 17.2 Å². The molecule has 6 aromatic carbocycles. The quantitative estimate of drug-likeness (QED) is 0.0111. The number of primary amides is 2. The van der Waals surface area contributed by atoms with Gasteiger partial charge in [0.25, 0.3) is 16.7 Å². The minimum atomic E-state index is -0.531. The Morgan fingerprint density at radius 1 is 0.445 bits per heavy atom. The molecule has 0 aliphatic carbocycles. The molecule has 29 heteroatoms. The van der Waals surface area contributed by atoms with E-state index in [9.17, 15) is 29.2 Å². The minimum absolute atomic E-state index is 0.201. The monoisotopic (exact) mass is 1480 g/mol. The van der Waals surface area contributed by atoms with Crippen molar-refractivity contribution < 1.29 is 39.0 Å². The summed E-state index contributed by atoms with van der Waals surface area (Å²) in [7, 11) is 11.3. The molecule has 0 unspecified atom stereocenters. The Kier molecular flexibility index (Phi) is 29.4. The lowest BCUT2D eigenvalue weighted by molar-refractivity contribution is -0.840. The van der Waals surface area contributed by atoms with Gasteiger partial charge in [-0.25, -0.2) is 48.8 Å². The van der Waals surface area contributed by atoms with Gasteiger partial charge in [-0.3, -0.25) is 34.5 Å². The largest absolute Gasteiger partial charge is 0.633 e. The van der Waals surface area contributed by atoms with Crippen LogP contribution in [0.3, 0.4) is 0 Å². The van der Waals surface area contributed by atoms with E-state index in [0.29, 0.717) is 119 Å². The summed E-state index contributed by atoms with van der Waals surface area (Å²) in [6, 6.07) is 53.1. The van der Waals surface area contributed by atoms with Crippen LogP contribution in [0.25, 0.3) is 72.8 Å². The van der Waals surface area contributed by atoms with E-state index in [-0.39, 0.29) is 34.4 Å². The third kappa shape index (κ3) is 24.7. The molecule has 0 aliphatic rings. The number of hydrogen-bond donors (Lipinski definition) is 4. The zero-order valence-corrected chi connectivity index (χ0v) is 61.6. The summed E-state index contributed by atoms with van der Waals surface area (Å²) < 4.78 is 20.9. The molecule has 12 rings (SSSR count). The van der Waals surface area contributed by atoms with Crippen LogP contribution < -0.4 is 42.4 Å². The van der Waals surface area contributed by atoms with Gasteiger partial charge in [-0.05, 0) is 130 Å². The molecule has 0 saturated carbocycles. The van der Waals surface area contributed by atoms with Crippen molar-refractivity contribution in [3.63, 3.8) is 0 Å². The van der Waals surface area contributed by atoms with Crippen molar-refractivity contribution in [3.05, 3.63) is 295 Å². The summed E-state index contributed by atoms with van der Waals surface area (Å²) in [5, 5.41) is 37.1. The van der Waals surface area contributed by atoms with Gasteiger partial charge in [-0.15, -0.1) is 0 Å². The molecule has 110 heavy (non-hydrogen) atoms. The molecule has 2 amide bonds. The second-order valence-electron chi connectivity index (χ2n) is 26.0. The van der Waals surface area contributed by atoms with Crippen LogP contribution in [0.4, 0.5) is 5.69 Å². The van der Waals surface area contributed by atoms with Crippen LogP contribution >= 0.6 is 0 Å². The first-order valence-corrected chi connectivity index (χ1v) is 34.8. The van der Waals surface area contributed by atoms with Crippen molar-refractivity contribution in [2.75, 3.05) is 81.7 Å². The van der Waals surface area contributed by atoms with Crippen LogP contribution in [0.2, 0.25) is 0 Å². The number of nitrogens with zero attached hydrogens (tertiary/aromatic N) is 16. The van der Waals surface area contributed by atoms with Crippen molar-refractivity contribution in [3.8, 4) is 85.2 Å². The topological polar surface area (TPSA) is 370 Å². The van der Waals surface area contributed by atoms with E-state index < -0.39 is 11.8 Å². The van der Waals surface area contributed by atoms with Gasteiger partial charge in [0, 0.05) is 76.7 Å². The summed E-state index contributed by atoms with van der Waals surface area (Å²) in [5.41, 5.74) is 20.4. The van der Waals surface area contributed by atoms with E-state index >= 15 is 0 Å². The van der Waals surface area contributed by atoms with E-state index in [1.54, 1.807) is 124 Å². The van der Waals surface area contributed by atoms with Crippen molar-refractivity contribution >= 4 is 17.5 Å².